The first kappa shape index (κ1) is 14.9. The molecule has 0 N–H and O–H groups in total. The van der Waals surface area contributed by atoms with Gasteiger partial charge in [-0.1, -0.05) is 30.3 Å². The lowest BCUT2D eigenvalue weighted by Gasteiger charge is -2.22. The number of hydrogen-bond acceptors (Lipinski definition) is 5. The van der Waals surface area contributed by atoms with E-state index in [1.807, 2.05) is 30.3 Å². The molecule has 1 aliphatic rings. The van der Waals surface area contributed by atoms with Gasteiger partial charge in [-0.2, -0.15) is 5.26 Å². The first-order valence-electron chi connectivity index (χ1n) is 6.53. The zero-order valence-electron chi connectivity index (χ0n) is 11.7. The van der Waals surface area contributed by atoms with Crippen LogP contribution in [0.2, 0.25) is 0 Å². The van der Waals surface area contributed by atoms with Gasteiger partial charge in [-0.05, 0) is 5.56 Å². The lowest BCUT2D eigenvalue weighted by molar-refractivity contribution is -0.155. The minimum absolute atomic E-state index is 0.249. The highest BCUT2D eigenvalue weighted by atomic mass is 16.7. The smallest absolute Gasteiger partial charge is 0.186 e. The average molecular weight is 277 g/mol. The van der Waals surface area contributed by atoms with Gasteiger partial charge in [0.15, 0.2) is 6.29 Å². The summed E-state index contributed by atoms with van der Waals surface area (Å²) < 4.78 is 22.2. The minimum atomic E-state index is -0.501. The molecule has 2 rings (SSSR count). The van der Waals surface area contributed by atoms with Crippen molar-refractivity contribution in [2.75, 3.05) is 14.2 Å². The number of nitrogens with zero attached hydrogens (tertiary/aromatic N) is 1. The lowest BCUT2D eigenvalue weighted by Crippen LogP contribution is -2.37. The van der Waals surface area contributed by atoms with Gasteiger partial charge in [0.2, 0.25) is 0 Å². The zero-order chi connectivity index (χ0) is 14.4. The second kappa shape index (κ2) is 7.36. The van der Waals surface area contributed by atoms with Gasteiger partial charge in [-0.25, -0.2) is 0 Å². The van der Waals surface area contributed by atoms with E-state index in [9.17, 15) is 0 Å². The van der Waals surface area contributed by atoms with Crippen LogP contribution in [0.5, 0.6) is 0 Å². The molecule has 1 fully saturated rings. The Morgan fingerprint density at radius 3 is 2.50 bits per heavy atom. The highest BCUT2D eigenvalue weighted by Gasteiger charge is 2.46. The van der Waals surface area contributed by atoms with Gasteiger partial charge >= 0.3 is 0 Å². The summed E-state index contributed by atoms with van der Waals surface area (Å²) in [5, 5.41) is 8.88. The summed E-state index contributed by atoms with van der Waals surface area (Å²) in [6, 6.07) is 12.0. The number of rotatable bonds is 6. The molecule has 4 atom stereocenters. The second-order valence-corrected chi connectivity index (χ2v) is 4.60. The fourth-order valence-corrected chi connectivity index (χ4v) is 2.35. The van der Waals surface area contributed by atoms with Crippen LogP contribution in [0, 0.1) is 11.3 Å². The number of hydrogen-bond donors (Lipinski definition) is 0. The monoisotopic (exact) mass is 277 g/mol. The van der Waals surface area contributed by atoms with E-state index in [2.05, 4.69) is 6.07 Å². The van der Waals surface area contributed by atoms with Gasteiger partial charge in [0.25, 0.3) is 0 Å². The van der Waals surface area contributed by atoms with Gasteiger partial charge in [-0.15, -0.1) is 0 Å². The summed E-state index contributed by atoms with van der Waals surface area (Å²) in [7, 11) is 3.15. The van der Waals surface area contributed by atoms with Crippen LogP contribution in [0.15, 0.2) is 30.3 Å². The Balaban J connectivity index is 2.03. The van der Waals surface area contributed by atoms with Gasteiger partial charge in [-0.3, -0.25) is 0 Å². The molecule has 0 spiro atoms. The summed E-state index contributed by atoms with van der Waals surface area (Å²) in [6.07, 6.45) is -1.23. The predicted octanol–water partition coefficient (Wildman–Crippen LogP) is 1.87. The number of ether oxygens (including phenoxy) is 4. The Morgan fingerprint density at radius 1 is 1.15 bits per heavy atom. The molecular formula is C15H19NO4. The van der Waals surface area contributed by atoms with Crippen LogP contribution in [0.3, 0.4) is 0 Å². The molecule has 5 nitrogen and oxygen atoms in total. The molecule has 1 saturated heterocycles. The summed E-state index contributed by atoms with van der Waals surface area (Å²) in [4.78, 5) is 0. The normalized spacial score (nSPS) is 29.2. The predicted molar refractivity (Wildman–Crippen MR) is 71.7 cm³/mol. The maximum atomic E-state index is 8.88. The highest BCUT2D eigenvalue weighted by Crippen LogP contribution is 2.29. The van der Waals surface area contributed by atoms with Gasteiger partial charge < -0.3 is 18.9 Å². The number of nitriles is 1. The molecule has 0 saturated carbocycles. The molecule has 0 aliphatic carbocycles. The maximum Gasteiger partial charge on any atom is 0.186 e. The van der Waals surface area contributed by atoms with E-state index in [4.69, 9.17) is 24.2 Å². The SMILES string of the molecule is CO[C@H]1O[C@H](CC#N)[C@H](OCc2ccccc2)[C@H]1OC. The Labute approximate surface area is 119 Å². The third kappa shape index (κ3) is 3.35. The lowest BCUT2D eigenvalue weighted by atomic mass is 10.1. The average Bonchev–Trinajstić information content (AvgIpc) is 2.83. The zero-order valence-corrected chi connectivity index (χ0v) is 11.7. The van der Waals surface area contributed by atoms with Gasteiger partial charge in [0.05, 0.1) is 19.1 Å². The molecule has 0 aromatic heterocycles. The van der Waals surface area contributed by atoms with Gasteiger partial charge in [0, 0.05) is 14.2 Å². The van der Waals surface area contributed by atoms with Crippen LogP contribution in [0.25, 0.3) is 0 Å². The van der Waals surface area contributed by atoms with Crippen LogP contribution < -0.4 is 0 Å². The molecule has 5 heteroatoms. The van der Waals surface area contributed by atoms with Crippen molar-refractivity contribution in [3.8, 4) is 6.07 Å². The molecule has 1 heterocycles. The molecular weight excluding hydrogens is 258 g/mol. The third-order valence-corrected chi connectivity index (χ3v) is 3.35. The van der Waals surface area contributed by atoms with Crippen molar-refractivity contribution in [3.63, 3.8) is 0 Å². The first-order valence-corrected chi connectivity index (χ1v) is 6.53. The quantitative estimate of drug-likeness (QED) is 0.794. The van der Waals surface area contributed by atoms with E-state index in [0.29, 0.717) is 6.61 Å². The second-order valence-electron chi connectivity index (χ2n) is 4.60. The van der Waals surface area contributed by atoms with Crippen LogP contribution in [0.4, 0.5) is 0 Å². The standard InChI is InChI=1S/C15H19NO4/c1-17-14-13(12(8-9-16)20-15(14)18-2)19-10-11-6-4-3-5-7-11/h3-7,12-15H,8,10H2,1-2H3/t12-,13+,14-,15+/m1/s1. The molecule has 0 amide bonds. The molecule has 0 unspecified atom stereocenters. The van der Waals surface area contributed by atoms with Gasteiger partial charge in [0.1, 0.15) is 18.3 Å². The Hall–Kier alpha value is -1.45. The summed E-state index contributed by atoms with van der Waals surface area (Å²) in [6.45, 7) is 0.451. The fourth-order valence-electron chi connectivity index (χ4n) is 2.35. The van der Waals surface area contributed by atoms with Crippen molar-refractivity contribution in [1.82, 2.24) is 0 Å². The largest absolute Gasteiger partial charge is 0.373 e. The van der Waals surface area contributed by atoms with Crippen molar-refractivity contribution < 1.29 is 18.9 Å². The summed E-state index contributed by atoms with van der Waals surface area (Å²) >= 11 is 0. The highest BCUT2D eigenvalue weighted by molar-refractivity contribution is 5.13. The van der Waals surface area contributed by atoms with Crippen molar-refractivity contribution in [3.05, 3.63) is 35.9 Å². The van der Waals surface area contributed by atoms with Crippen molar-refractivity contribution in [2.24, 2.45) is 0 Å². The van der Waals surface area contributed by atoms with E-state index in [0.717, 1.165) is 5.56 Å². The third-order valence-electron chi connectivity index (χ3n) is 3.35. The van der Waals surface area contributed by atoms with Crippen LogP contribution in [0.1, 0.15) is 12.0 Å². The first-order chi connectivity index (χ1) is 9.80. The molecule has 108 valence electrons. The topological polar surface area (TPSA) is 60.7 Å². The number of benzene rings is 1. The van der Waals surface area contributed by atoms with Crippen LogP contribution in [-0.4, -0.2) is 38.8 Å². The molecule has 20 heavy (non-hydrogen) atoms. The van der Waals surface area contributed by atoms with E-state index in [1.165, 1.54) is 0 Å². The van der Waals surface area contributed by atoms with E-state index in [1.54, 1.807) is 14.2 Å². The Bertz CT molecular complexity index is 445. The molecule has 1 aliphatic heterocycles. The molecule has 1 aromatic carbocycles. The molecule has 0 bridgehead atoms. The van der Waals surface area contributed by atoms with E-state index >= 15 is 0 Å². The van der Waals surface area contributed by atoms with E-state index in [-0.39, 0.29) is 24.7 Å². The van der Waals surface area contributed by atoms with Crippen LogP contribution >= 0.6 is 0 Å². The van der Waals surface area contributed by atoms with Crippen molar-refractivity contribution in [2.45, 2.75) is 37.6 Å². The Kier molecular flexibility index (Phi) is 5.50. The summed E-state index contributed by atoms with van der Waals surface area (Å²) in [5.74, 6) is 0. The molecule has 0 radical (unpaired) electrons. The van der Waals surface area contributed by atoms with Crippen molar-refractivity contribution >= 4 is 0 Å². The van der Waals surface area contributed by atoms with E-state index < -0.39 is 6.29 Å². The molecule has 1 aromatic rings. The van der Waals surface area contributed by atoms with Crippen molar-refractivity contribution in [1.29, 1.82) is 5.26 Å². The minimum Gasteiger partial charge on any atom is -0.373 e. The number of methoxy groups -OCH3 is 2. The fraction of sp³-hybridized carbons (Fsp3) is 0.533. The van der Waals surface area contributed by atoms with Crippen LogP contribution in [-0.2, 0) is 25.6 Å². The summed E-state index contributed by atoms with van der Waals surface area (Å²) in [5.41, 5.74) is 1.07. The Morgan fingerprint density at radius 2 is 1.90 bits per heavy atom. The maximum absolute atomic E-state index is 8.88.